The third-order valence-electron chi connectivity index (χ3n) is 4.40. The Bertz CT molecular complexity index is 349. The second-order valence-corrected chi connectivity index (χ2v) is 6.26. The number of nitrogens with one attached hydrogen (secondary N) is 2. The van der Waals surface area contributed by atoms with E-state index in [1.54, 1.807) is 4.90 Å². The van der Waals surface area contributed by atoms with E-state index in [9.17, 15) is 9.59 Å². The highest BCUT2D eigenvalue weighted by molar-refractivity contribution is 5.79. The predicted molar refractivity (Wildman–Crippen MR) is 92.1 cm³/mol. The molecule has 0 heterocycles. The van der Waals surface area contributed by atoms with Crippen molar-refractivity contribution < 1.29 is 11.0 Å². The molecule has 1 fully saturated rings. The maximum absolute atomic E-state index is 12.3. The molecule has 2 amide bonds. The minimum Gasteiger partial charge on any atom is -0.334 e. The molecule has 1 rings (SSSR count). The average Bonchev–Trinajstić information content (AvgIpc) is 2.48. The highest BCUT2D eigenvalue weighted by Crippen LogP contribution is 2.25. The summed E-state index contributed by atoms with van der Waals surface area (Å²) in [6.45, 7) is 9.31. The molecule has 0 aromatic carbocycles. The van der Waals surface area contributed by atoms with Crippen LogP contribution < -0.4 is 10.6 Å². The lowest BCUT2D eigenvalue weighted by Crippen LogP contribution is -2.49. The molecule has 5 nitrogen and oxygen atoms in total. The second kappa shape index (κ2) is 10.6. The zero-order valence-corrected chi connectivity index (χ0v) is 14.5. The van der Waals surface area contributed by atoms with Gasteiger partial charge in [-0.05, 0) is 52.0 Å². The van der Waals surface area contributed by atoms with Crippen LogP contribution in [0, 0.1) is 5.92 Å². The Balaban J connectivity index is 0.00000484. The van der Waals surface area contributed by atoms with Gasteiger partial charge in [-0.2, -0.15) is 0 Å². The molecule has 0 saturated heterocycles. The Morgan fingerprint density at radius 1 is 1.36 bits per heavy atom. The molecule has 0 unspecified atom stereocenters. The lowest BCUT2D eigenvalue weighted by molar-refractivity contribution is -0.121. The molecular weight excluding hydrogens is 278 g/mol. The number of hydrogen-bond acceptors (Lipinski definition) is 3. The summed E-state index contributed by atoms with van der Waals surface area (Å²) >= 11 is 0. The molecule has 0 radical (unpaired) electrons. The van der Waals surface area contributed by atoms with Gasteiger partial charge in [-0.1, -0.05) is 6.92 Å². The molecule has 130 valence electrons. The predicted octanol–water partition coefficient (Wildman–Crippen LogP) is 2.80. The summed E-state index contributed by atoms with van der Waals surface area (Å²) in [6.07, 6.45) is 5.51. The number of carbonyl (C=O) groups is 2. The lowest BCUT2D eigenvalue weighted by atomic mass is 9.84. The summed E-state index contributed by atoms with van der Waals surface area (Å²) in [7, 11) is 0. The molecular formula is C17H35N3O2. The highest BCUT2D eigenvalue weighted by Gasteiger charge is 2.24. The van der Waals surface area contributed by atoms with Gasteiger partial charge in [-0.3, -0.25) is 4.79 Å². The van der Waals surface area contributed by atoms with Crippen LogP contribution in [0.5, 0.6) is 0 Å². The molecule has 2 atom stereocenters. The van der Waals surface area contributed by atoms with Gasteiger partial charge in [0.2, 0.25) is 0 Å². The molecule has 0 bridgehead atoms. The number of ketones is 1. The van der Waals surface area contributed by atoms with Crippen LogP contribution in [0.2, 0.25) is 0 Å². The van der Waals surface area contributed by atoms with Crippen molar-refractivity contribution in [2.75, 3.05) is 26.2 Å². The monoisotopic (exact) mass is 313 g/mol. The minimum atomic E-state index is 0. The maximum atomic E-state index is 12.3. The van der Waals surface area contributed by atoms with Gasteiger partial charge in [0.25, 0.3) is 0 Å². The van der Waals surface area contributed by atoms with Gasteiger partial charge < -0.3 is 15.5 Å². The number of nitrogens with zero attached hydrogens (tertiary/aromatic N) is 1. The molecule has 0 spiro atoms. The van der Waals surface area contributed by atoms with Gasteiger partial charge in [-0.25, -0.2) is 4.79 Å². The fourth-order valence-electron chi connectivity index (χ4n) is 3.14. The van der Waals surface area contributed by atoms with Crippen LogP contribution in [-0.2, 0) is 4.79 Å². The number of rotatable bonds is 9. The summed E-state index contributed by atoms with van der Waals surface area (Å²) in [5.41, 5.74) is 0. The Labute approximate surface area is 136 Å². The van der Waals surface area contributed by atoms with Crippen LogP contribution in [0.15, 0.2) is 0 Å². The molecule has 0 aromatic rings. The molecule has 1 aliphatic rings. The first-order valence-corrected chi connectivity index (χ1v) is 8.88. The van der Waals surface area contributed by atoms with Crippen molar-refractivity contribution in [3.63, 3.8) is 0 Å². The van der Waals surface area contributed by atoms with Gasteiger partial charge in [0.05, 0.1) is 0 Å². The van der Waals surface area contributed by atoms with E-state index in [0.29, 0.717) is 18.1 Å². The fraction of sp³-hybridized carbons (Fsp3) is 0.882. The van der Waals surface area contributed by atoms with E-state index in [4.69, 9.17) is 0 Å². The van der Waals surface area contributed by atoms with Crippen LogP contribution in [0.3, 0.4) is 0 Å². The first-order valence-electron chi connectivity index (χ1n) is 8.88. The van der Waals surface area contributed by atoms with E-state index in [1.807, 2.05) is 13.8 Å². The molecule has 1 aliphatic carbocycles. The van der Waals surface area contributed by atoms with Crippen LogP contribution in [0.1, 0.15) is 60.7 Å². The zero-order valence-electron chi connectivity index (χ0n) is 14.5. The molecule has 0 aromatic heterocycles. The number of carbonyl (C=O) groups excluding carboxylic acids is 2. The number of urea groups is 1. The van der Waals surface area contributed by atoms with Crippen molar-refractivity contribution in [2.45, 2.75) is 65.3 Å². The van der Waals surface area contributed by atoms with E-state index >= 15 is 0 Å². The number of Topliss-reactive ketones (excluding diaryl/α,β-unsaturated/α-hetero) is 1. The standard InChI is InChI=1S/C17H33N3O2.H2/c1-4-10-18-13-15(19-17(22)20(5-2)6-3)11-14-8-7-9-16(21)12-14;/h14-15,18H,4-13H2,1-3H3,(H,19,22);1H/t14-,15+;/m1./s1. The number of hydrogen-bond donors (Lipinski definition) is 2. The number of amides is 2. The van der Waals surface area contributed by atoms with Gasteiger partial charge in [-0.15, -0.1) is 0 Å². The van der Waals surface area contributed by atoms with E-state index in [2.05, 4.69) is 17.6 Å². The van der Waals surface area contributed by atoms with Crippen LogP contribution in [-0.4, -0.2) is 48.9 Å². The Hall–Kier alpha value is -1.10. The van der Waals surface area contributed by atoms with E-state index in [-0.39, 0.29) is 13.5 Å². The van der Waals surface area contributed by atoms with Crippen molar-refractivity contribution in [2.24, 2.45) is 5.92 Å². The van der Waals surface area contributed by atoms with Crippen molar-refractivity contribution in [3.05, 3.63) is 0 Å². The van der Waals surface area contributed by atoms with Gasteiger partial charge >= 0.3 is 6.03 Å². The summed E-state index contributed by atoms with van der Waals surface area (Å²) in [5.74, 6) is 0.804. The normalized spacial score (nSPS) is 19.8. The summed E-state index contributed by atoms with van der Waals surface area (Å²) in [5, 5.41) is 6.55. The first-order chi connectivity index (χ1) is 10.6. The Kier molecular flexibility index (Phi) is 9.13. The van der Waals surface area contributed by atoms with E-state index in [0.717, 1.165) is 58.3 Å². The smallest absolute Gasteiger partial charge is 0.317 e. The van der Waals surface area contributed by atoms with Crippen LogP contribution >= 0.6 is 0 Å². The second-order valence-electron chi connectivity index (χ2n) is 6.26. The van der Waals surface area contributed by atoms with Gasteiger partial charge in [0.1, 0.15) is 5.78 Å². The lowest BCUT2D eigenvalue weighted by Gasteiger charge is -2.29. The molecule has 0 aliphatic heterocycles. The quantitative estimate of drug-likeness (QED) is 0.643. The highest BCUT2D eigenvalue weighted by atomic mass is 16.2. The minimum absolute atomic E-state index is 0. The molecule has 2 N–H and O–H groups in total. The zero-order chi connectivity index (χ0) is 16.4. The SMILES string of the molecule is CCCNC[C@H](C[C@H]1CCCC(=O)C1)NC(=O)N(CC)CC.[HH]. The largest absolute Gasteiger partial charge is 0.334 e. The fourth-order valence-corrected chi connectivity index (χ4v) is 3.14. The average molecular weight is 313 g/mol. The topological polar surface area (TPSA) is 61.4 Å². The maximum Gasteiger partial charge on any atom is 0.317 e. The van der Waals surface area contributed by atoms with Crippen molar-refractivity contribution in [1.82, 2.24) is 15.5 Å². The Morgan fingerprint density at radius 3 is 2.68 bits per heavy atom. The molecule has 5 heteroatoms. The summed E-state index contributed by atoms with van der Waals surface area (Å²) in [4.78, 5) is 25.7. The van der Waals surface area contributed by atoms with Crippen LogP contribution in [0.25, 0.3) is 0 Å². The van der Waals surface area contributed by atoms with Crippen LogP contribution in [0.4, 0.5) is 4.79 Å². The van der Waals surface area contributed by atoms with E-state index in [1.165, 1.54) is 0 Å². The van der Waals surface area contributed by atoms with Gasteiger partial charge in [0.15, 0.2) is 0 Å². The van der Waals surface area contributed by atoms with Gasteiger partial charge in [0, 0.05) is 39.9 Å². The Morgan fingerprint density at radius 2 is 2.09 bits per heavy atom. The summed E-state index contributed by atoms with van der Waals surface area (Å²) in [6, 6.07) is 0.117. The molecule has 1 saturated carbocycles. The van der Waals surface area contributed by atoms with E-state index < -0.39 is 0 Å². The third kappa shape index (κ3) is 6.77. The van der Waals surface area contributed by atoms with Crippen molar-refractivity contribution in [1.29, 1.82) is 0 Å². The van der Waals surface area contributed by atoms with Crippen molar-refractivity contribution in [3.8, 4) is 0 Å². The van der Waals surface area contributed by atoms with Crippen molar-refractivity contribution >= 4 is 11.8 Å². The third-order valence-corrected chi connectivity index (χ3v) is 4.40. The summed E-state index contributed by atoms with van der Waals surface area (Å²) < 4.78 is 0. The molecule has 22 heavy (non-hydrogen) atoms. The first kappa shape index (κ1) is 18.9.